The number of rotatable bonds is 6. The lowest BCUT2D eigenvalue weighted by Crippen LogP contribution is -2.50. The molecule has 0 spiro atoms. The van der Waals surface area contributed by atoms with Gasteiger partial charge >= 0.3 is 6.09 Å². The SMILES string of the molecule is C=CCNC(=NCC(=O)N(C)C)NC1CCN(C(=O)OCC)CC1.I. The van der Waals surface area contributed by atoms with Crippen LogP contribution in [0.4, 0.5) is 4.79 Å². The summed E-state index contributed by atoms with van der Waals surface area (Å²) < 4.78 is 5.02. The predicted octanol–water partition coefficient (Wildman–Crippen LogP) is 1.03. The third-order valence-electron chi connectivity index (χ3n) is 3.65. The molecule has 25 heavy (non-hydrogen) atoms. The molecular formula is C16H30IN5O3. The third-order valence-corrected chi connectivity index (χ3v) is 3.65. The molecule has 0 aromatic rings. The Balaban J connectivity index is 0.00000576. The van der Waals surface area contributed by atoms with E-state index in [9.17, 15) is 9.59 Å². The Morgan fingerprint density at radius 2 is 2.00 bits per heavy atom. The van der Waals surface area contributed by atoms with Gasteiger partial charge in [-0.05, 0) is 19.8 Å². The maximum atomic E-state index is 11.7. The van der Waals surface area contributed by atoms with Gasteiger partial charge in [-0.25, -0.2) is 9.79 Å². The van der Waals surface area contributed by atoms with Crippen molar-refractivity contribution < 1.29 is 14.3 Å². The second-order valence-electron chi connectivity index (χ2n) is 5.73. The summed E-state index contributed by atoms with van der Waals surface area (Å²) in [5.74, 6) is 0.520. The minimum atomic E-state index is -0.258. The lowest BCUT2D eigenvalue weighted by Gasteiger charge is -2.32. The normalized spacial score (nSPS) is 15.0. The maximum Gasteiger partial charge on any atom is 0.409 e. The molecule has 1 rings (SSSR count). The van der Waals surface area contributed by atoms with E-state index < -0.39 is 0 Å². The highest BCUT2D eigenvalue weighted by Gasteiger charge is 2.24. The second kappa shape index (κ2) is 12.8. The van der Waals surface area contributed by atoms with Gasteiger partial charge in [0.25, 0.3) is 0 Å². The third kappa shape index (κ3) is 8.94. The van der Waals surface area contributed by atoms with E-state index in [1.54, 1.807) is 32.0 Å². The minimum Gasteiger partial charge on any atom is -0.450 e. The molecule has 0 aromatic heterocycles. The summed E-state index contributed by atoms with van der Waals surface area (Å²) in [7, 11) is 3.40. The molecule has 8 nitrogen and oxygen atoms in total. The van der Waals surface area contributed by atoms with Crippen LogP contribution in [0.3, 0.4) is 0 Å². The first-order valence-corrected chi connectivity index (χ1v) is 8.25. The topological polar surface area (TPSA) is 86.3 Å². The van der Waals surface area contributed by atoms with Gasteiger partial charge in [-0.3, -0.25) is 4.79 Å². The van der Waals surface area contributed by atoms with Crippen molar-refractivity contribution in [3.05, 3.63) is 12.7 Å². The summed E-state index contributed by atoms with van der Waals surface area (Å²) in [5.41, 5.74) is 0. The first kappa shape index (κ1) is 23.5. The van der Waals surface area contributed by atoms with Crippen molar-refractivity contribution in [1.82, 2.24) is 20.4 Å². The Hall–Kier alpha value is -1.52. The van der Waals surface area contributed by atoms with Crippen LogP contribution in [0.25, 0.3) is 0 Å². The first-order valence-electron chi connectivity index (χ1n) is 8.25. The molecule has 9 heteroatoms. The molecule has 1 heterocycles. The number of halogens is 1. The summed E-state index contributed by atoms with van der Waals surface area (Å²) in [6.45, 7) is 7.79. The van der Waals surface area contributed by atoms with Crippen LogP contribution in [0.1, 0.15) is 19.8 Å². The van der Waals surface area contributed by atoms with Crippen molar-refractivity contribution in [2.24, 2.45) is 4.99 Å². The van der Waals surface area contributed by atoms with Crippen LogP contribution < -0.4 is 10.6 Å². The zero-order valence-corrected chi connectivity index (χ0v) is 17.6. The number of guanidine groups is 1. The van der Waals surface area contributed by atoms with Crippen LogP contribution in [-0.2, 0) is 9.53 Å². The smallest absolute Gasteiger partial charge is 0.409 e. The number of nitrogens with zero attached hydrogens (tertiary/aromatic N) is 3. The van der Waals surface area contributed by atoms with Gasteiger partial charge in [0.2, 0.25) is 5.91 Å². The Morgan fingerprint density at radius 1 is 1.36 bits per heavy atom. The van der Waals surface area contributed by atoms with Crippen molar-refractivity contribution >= 4 is 41.9 Å². The number of carbonyl (C=O) groups excluding carboxylic acids is 2. The lowest BCUT2D eigenvalue weighted by molar-refractivity contribution is -0.127. The molecule has 0 atom stereocenters. The number of amides is 2. The lowest BCUT2D eigenvalue weighted by atomic mass is 10.1. The molecule has 0 bridgehead atoms. The van der Waals surface area contributed by atoms with E-state index >= 15 is 0 Å². The Morgan fingerprint density at radius 3 is 2.52 bits per heavy atom. The highest BCUT2D eigenvalue weighted by Crippen LogP contribution is 2.11. The Bertz CT molecular complexity index is 463. The predicted molar refractivity (Wildman–Crippen MR) is 109 cm³/mol. The summed E-state index contributed by atoms with van der Waals surface area (Å²) in [6, 6.07) is 0.196. The molecule has 1 fully saturated rings. The van der Waals surface area contributed by atoms with E-state index in [2.05, 4.69) is 22.2 Å². The van der Waals surface area contributed by atoms with Crippen LogP contribution in [0.15, 0.2) is 17.6 Å². The molecule has 2 amide bonds. The number of hydrogen-bond donors (Lipinski definition) is 2. The van der Waals surface area contributed by atoms with Gasteiger partial charge in [0, 0.05) is 39.8 Å². The van der Waals surface area contributed by atoms with Crippen LogP contribution >= 0.6 is 24.0 Å². The molecule has 0 aliphatic carbocycles. The van der Waals surface area contributed by atoms with E-state index in [0.29, 0.717) is 32.2 Å². The van der Waals surface area contributed by atoms with Crippen molar-refractivity contribution in [3.63, 3.8) is 0 Å². The highest BCUT2D eigenvalue weighted by molar-refractivity contribution is 14.0. The van der Waals surface area contributed by atoms with Gasteiger partial charge in [-0.1, -0.05) is 6.08 Å². The van der Waals surface area contributed by atoms with Gasteiger partial charge in [0.1, 0.15) is 6.54 Å². The molecule has 144 valence electrons. The fraction of sp³-hybridized carbons (Fsp3) is 0.688. The average Bonchev–Trinajstić information content (AvgIpc) is 2.57. The largest absolute Gasteiger partial charge is 0.450 e. The molecule has 2 N–H and O–H groups in total. The molecule has 1 saturated heterocycles. The van der Waals surface area contributed by atoms with E-state index in [1.807, 2.05) is 0 Å². The monoisotopic (exact) mass is 467 g/mol. The van der Waals surface area contributed by atoms with Gasteiger partial charge in [0.15, 0.2) is 5.96 Å². The molecule has 0 unspecified atom stereocenters. The van der Waals surface area contributed by atoms with Crippen LogP contribution in [0.2, 0.25) is 0 Å². The molecule has 1 aliphatic rings. The number of ether oxygens (including phenoxy) is 1. The molecular weight excluding hydrogens is 437 g/mol. The van der Waals surface area contributed by atoms with E-state index in [4.69, 9.17) is 4.74 Å². The maximum absolute atomic E-state index is 11.7. The zero-order chi connectivity index (χ0) is 17.9. The van der Waals surface area contributed by atoms with Crippen LogP contribution in [0.5, 0.6) is 0 Å². The minimum absolute atomic E-state index is 0. The fourth-order valence-electron chi connectivity index (χ4n) is 2.22. The van der Waals surface area contributed by atoms with E-state index in [0.717, 1.165) is 12.8 Å². The Kier molecular flexibility index (Phi) is 12.0. The van der Waals surface area contributed by atoms with Crippen molar-refractivity contribution in [3.8, 4) is 0 Å². The van der Waals surface area contributed by atoms with Gasteiger partial charge in [-0.15, -0.1) is 30.6 Å². The van der Waals surface area contributed by atoms with E-state index in [1.165, 1.54) is 4.90 Å². The number of likely N-dealkylation sites (N-methyl/N-ethyl adjacent to an activating group) is 1. The Labute approximate surface area is 167 Å². The number of nitrogens with one attached hydrogen (secondary N) is 2. The molecule has 0 aromatic carbocycles. The van der Waals surface area contributed by atoms with Gasteiger partial charge in [0.05, 0.1) is 6.61 Å². The highest BCUT2D eigenvalue weighted by atomic mass is 127. The molecule has 1 aliphatic heterocycles. The van der Waals surface area contributed by atoms with Crippen LogP contribution in [-0.4, -0.2) is 80.7 Å². The van der Waals surface area contributed by atoms with Crippen molar-refractivity contribution in [2.75, 3.05) is 46.9 Å². The summed E-state index contributed by atoms with van der Waals surface area (Å²) in [6.07, 6.45) is 3.07. The standard InChI is InChI=1S/C16H29N5O3.HI/c1-5-9-17-15(18-12-14(22)20(3)4)19-13-7-10-21(11-8-13)16(23)24-6-2;/h5,13H,1,6-12H2,2-4H3,(H2,17,18,19);1H. The first-order chi connectivity index (χ1) is 11.5. The summed E-state index contributed by atoms with van der Waals surface area (Å²) >= 11 is 0. The molecule has 0 saturated carbocycles. The number of piperidine rings is 1. The number of carbonyl (C=O) groups is 2. The fourth-order valence-corrected chi connectivity index (χ4v) is 2.22. The quantitative estimate of drug-likeness (QED) is 0.264. The van der Waals surface area contributed by atoms with Crippen molar-refractivity contribution in [1.29, 1.82) is 0 Å². The van der Waals surface area contributed by atoms with Crippen molar-refractivity contribution in [2.45, 2.75) is 25.8 Å². The van der Waals surface area contributed by atoms with Gasteiger partial charge < -0.3 is 25.2 Å². The number of hydrogen-bond acceptors (Lipinski definition) is 4. The van der Waals surface area contributed by atoms with Gasteiger partial charge in [-0.2, -0.15) is 0 Å². The zero-order valence-electron chi connectivity index (χ0n) is 15.3. The summed E-state index contributed by atoms with van der Waals surface area (Å²) in [4.78, 5) is 30.9. The second-order valence-corrected chi connectivity index (χ2v) is 5.73. The number of likely N-dealkylation sites (tertiary alicyclic amines) is 1. The van der Waals surface area contributed by atoms with Crippen LogP contribution in [0, 0.1) is 0 Å². The number of aliphatic imine (C=N–C) groups is 1. The molecule has 0 radical (unpaired) electrons. The average molecular weight is 467 g/mol. The summed E-state index contributed by atoms with van der Waals surface area (Å²) in [5, 5.41) is 6.43. The van der Waals surface area contributed by atoms with E-state index in [-0.39, 0.29) is 48.6 Å².